The first-order valence-corrected chi connectivity index (χ1v) is 11.4. The van der Waals surface area contributed by atoms with Gasteiger partial charge in [0.2, 0.25) is 0 Å². The van der Waals surface area contributed by atoms with Crippen LogP contribution in [-0.2, 0) is 14.2 Å². The fourth-order valence-corrected chi connectivity index (χ4v) is 3.63. The lowest BCUT2D eigenvalue weighted by molar-refractivity contribution is -0.0472. The average molecular weight is 447 g/mol. The zero-order chi connectivity index (χ0) is 22.8. The summed E-state index contributed by atoms with van der Waals surface area (Å²) in [6, 6.07) is 12.7. The highest BCUT2D eigenvalue weighted by molar-refractivity contribution is 5.43. The van der Waals surface area contributed by atoms with Crippen LogP contribution >= 0.6 is 0 Å². The van der Waals surface area contributed by atoms with Gasteiger partial charge in [0.1, 0.15) is 19.0 Å². The smallest absolute Gasteiger partial charge is 0.161 e. The Morgan fingerprint density at radius 2 is 1.44 bits per heavy atom. The van der Waals surface area contributed by atoms with Crippen molar-refractivity contribution < 1.29 is 28.1 Å². The van der Waals surface area contributed by atoms with Crippen LogP contribution in [-0.4, -0.2) is 52.4 Å². The van der Waals surface area contributed by atoms with E-state index in [4.69, 9.17) is 23.7 Å². The highest BCUT2D eigenvalue weighted by Crippen LogP contribution is 2.31. The molecule has 32 heavy (non-hydrogen) atoms. The van der Waals surface area contributed by atoms with Crippen molar-refractivity contribution in [3.05, 3.63) is 59.4 Å². The van der Waals surface area contributed by atoms with E-state index in [0.717, 1.165) is 17.7 Å². The van der Waals surface area contributed by atoms with Gasteiger partial charge in [-0.3, -0.25) is 0 Å². The van der Waals surface area contributed by atoms with E-state index < -0.39 is 0 Å². The van der Waals surface area contributed by atoms with Crippen LogP contribution in [0.3, 0.4) is 0 Å². The summed E-state index contributed by atoms with van der Waals surface area (Å²) in [5.74, 6) is 1.85. The molecule has 2 atom stereocenters. The molecule has 6 heteroatoms. The van der Waals surface area contributed by atoms with Crippen LogP contribution < -0.4 is 9.47 Å². The zero-order valence-corrected chi connectivity index (χ0v) is 19.3. The second-order valence-corrected chi connectivity index (χ2v) is 8.43. The molecule has 0 fully saturated rings. The Morgan fingerprint density at radius 3 is 2.19 bits per heavy atom. The predicted octanol–water partition coefficient (Wildman–Crippen LogP) is 5.33. The standard InChI is InChI=1S/C26H35FO5/c1-19(2)22-6-9-25-26(17-22)32-14-11-28-10-13-30-24(18-29-12-15-31-25)16-20(3)21-4-7-23(27)8-5-21/h4-9,17,19-20,24H,10-16,18H2,1-3H3. The molecule has 2 unspecified atom stereocenters. The first-order chi connectivity index (χ1) is 15.5. The second-order valence-electron chi connectivity index (χ2n) is 8.43. The largest absolute Gasteiger partial charge is 0.487 e. The Labute approximate surface area is 190 Å². The summed E-state index contributed by atoms with van der Waals surface area (Å²) in [4.78, 5) is 0. The third-order valence-electron chi connectivity index (χ3n) is 5.55. The van der Waals surface area contributed by atoms with Gasteiger partial charge < -0.3 is 23.7 Å². The van der Waals surface area contributed by atoms with E-state index in [-0.39, 0.29) is 17.8 Å². The van der Waals surface area contributed by atoms with Gasteiger partial charge in [0, 0.05) is 0 Å². The Hall–Kier alpha value is -2.15. The van der Waals surface area contributed by atoms with Crippen molar-refractivity contribution in [3.63, 3.8) is 0 Å². The number of rotatable bonds is 4. The van der Waals surface area contributed by atoms with E-state index in [1.807, 2.05) is 24.3 Å². The second kappa shape index (κ2) is 12.8. The molecule has 5 nitrogen and oxygen atoms in total. The molecule has 0 bridgehead atoms. The van der Waals surface area contributed by atoms with Crippen molar-refractivity contribution in [3.8, 4) is 11.5 Å². The van der Waals surface area contributed by atoms with Crippen LogP contribution in [0.1, 0.15) is 50.2 Å². The number of hydrogen-bond acceptors (Lipinski definition) is 5. The predicted molar refractivity (Wildman–Crippen MR) is 122 cm³/mol. The van der Waals surface area contributed by atoms with Gasteiger partial charge in [-0.15, -0.1) is 0 Å². The molecule has 0 radical (unpaired) electrons. The molecular weight excluding hydrogens is 411 g/mol. The maximum atomic E-state index is 13.2. The van der Waals surface area contributed by atoms with Crippen LogP contribution in [0.15, 0.2) is 42.5 Å². The number of benzene rings is 2. The lowest BCUT2D eigenvalue weighted by Gasteiger charge is -2.22. The van der Waals surface area contributed by atoms with Crippen LogP contribution in [0.25, 0.3) is 0 Å². The third-order valence-corrected chi connectivity index (χ3v) is 5.55. The van der Waals surface area contributed by atoms with Gasteiger partial charge in [0.25, 0.3) is 0 Å². The molecule has 3 rings (SSSR count). The van der Waals surface area contributed by atoms with Gasteiger partial charge in [-0.2, -0.15) is 0 Å². The van der Waals surface area contributed by atoms with Gasteiger partial charge in [-0.1, -0.05) is 39.0 Å². The first-order valence-electron chi connectivity index (χ1n) is 11.4. The maximum absolute atomic E-state index is 13.2. The molecular formula is C26H35FO5. The molecule has 1 aliphatic heterocycles. The van der Waals surface area contributed by atoms with E-state index in [1.54, 1.807) is 0 Å². The maximum Gasteiger partial charge on any atom is 0.161 e. The summed E-state index contributed by atoms with van der Waals surface area (Å²) in [5, 5.41) is 0. The summed E-state index contributed by atoms with van der Waals surface area (Å²) in [7, 11) is 0. The normalized spacial score (nSPS) is 19.7. The molecule has 1 aliphatic rings. The zero-order valence-electron chi connectivity index (χ0n) is 19.3. The van der Waals surface area contributed by atoms with Gasteiger partial charge in [-0.05, 0) is 53.6 Å². The molecule has 0 amide bonds. The van der Waals surface area contributed by atoms with E-state index >= 15 is 0 Å². The van der Waals surface area contributed by atoms with Crippen LogP contribution in [0.5, 0.6) is 11.5 Å². The molecule has 0 N–H and O–H groups in total. The third kappa shape index (κ3) is 7.76. The van der Waals surface area contributed by atoms with Crippen LogP contribution in [0.4, 0.5) is 4.39 Å². The SMILES string of the molecule is CC(C)c1ccc2c(c1)OCCOCCOC(CC(C)c1ccc(F)cc1)COCCO2. The van der Waals surface area contributed by atoms with E-state index in [2.05, 4.69) is 26.8 Å². The Kier molecular flexibility index (Phi) is 9.78. The Bertz CT molecular complexity index is 808. The van der Waals surface area contributed by atoms with Crippen molar-refractivity contribution in [2.75, 3.05) is 46.2 Å². The fourth-order valence-electron chi connectivity index (χ4n) is 3.63. The molecule has 0 aromatic heterocycles. The number of hydrogen-bond donors (Lipinski definition) is 0. The minimum atomic E-state index is -0.224. The molecule has 0 aliphatic carbocycles. The van der Waals surface area contributed by atoms with Gasteiger partial charge in [-0.25, -0.2) is 4.39 Å². The van der Waals surface area contributed by atoms with E-state index in [9.17, 15) is 4.39 Å². The highest BCUT2D eigenvalue weighted by Gasteiger charge is 2.17. The molecule has 176 valence electrons. The van der Waals surface area contributed by atoms with Crippen molar-refractivity contribution in [2.24, 2.45) is 0 Å². The Balaban J connectivity index is 1.58. The quantitative estimate of drug-likeness (QED) is 0.635. The van der Waals surface area contributed by atoms with Crippen molar-refractivity contribution in [1.82, 2.24) is 0 Å². The van der Waals surface area contributed by atoms with E-state index in [1.165, 1.54) is 17.7 Å². The summed E-state index contributed by atoms with van der Waals surface area (Å²) in [6.45, 7) is 9.64. The van der Waals surface area contributed by atoms with Crippen LogP contribution in [0.2, 0.25) is 0 Å². The van der Waals surface area contributed by atoms with Crippen molar-refractivity contribution in [2.45, 2.75) is 45.1 Å². The van der Waals surface area contributed by atoms with Crippen molar-refractivity contribution >= 4 is 0 Å². The minimum absolute atomic E-state index is 0.0825. The van der Waals surface area contributed by atoms with Gasteiger partial charge in [0.15, 0.2) is 11.5 Å². The summed E-state index contributed by atoms with van der Waals surface area (Å²) >= 11 is 0. The van der Waals surface area contributed by atoms with Gasteiger partial charge in [0.05, 0.1) is 39.1 Å². The first kappa shape index (κ1) is 24.5. The molecule has 0 saturated carbocycles. The molecule has 0 saturated heterocycles. The lowest BCUT2D eigenvalue weighted by Crippen LogP contribution is -2.25. The number of ether oxygens (including phenoxy) is 5. The van der Waals surface area contributed by atoms with Gasteiger partial charge >= 0.3 is 0 Å². The molecule has 2 aromatic carbocycles. The highest BCUT2D eigenvalue weighted by atomic mass is 19.1. The summed E-state index contributed by atoms with van der Waals surface area (Å²) in [6.07, 6.45) is 0.692. The average Bonchev–Trinajstić information content (AvgIpc) is 2.79. The van der Waals surface area contributed by atoms with E-state index in [0.29, 0.717) is 57.9 Å². The lowest BCUT2D eigenvalue weighted by atomic mass is 9.95. The Morgan fingerprint density at radius 1 is 0.781 bits per heavy atom. The topological polar surface area (TPSA) is 46.2 Å². The van der Waals surface area contributed by atoms with Crippen molar-refractivity contribution in [1.29, 1.82) is 0 Å². The number of halogens is 1. The molecule has 2 aromatic rings. The summed E-state index contributed by atoms with van der Waals surface area (Å²) in [5.41, 5.74) is 2.29. The fraction of sp³-hybridized carbons (Fsp3) is 0.538. The van der Waals surface area contributed by atoms with Crippen LogP contribution in [0, 0.1) is 5.82 Å². The number of fused-ring (bicyclic) bond motifs is 1. The molecule has 0 spiro atoms. The minimum Gasteiger partial charge on any atom is -0.487 e. The monoisotopic (exact) mass is 446 g/mol. The summed E-state index contributed by atoms with van der Waals surface area (Å²) < 4.78 is 42.7. The molecule has 1 heterocycles.